The minimum atomic E-state index is 0.480. The predicted molar refractivity (Wildman–Crippen MR) is 73.6 cm³/mol. The van der Waals surface area contributed by atoms with E-state index >= 15 is 0 Å². The fraction of sp³-hybridized carbons (Fsp3) is 0.231. The van der Waals surface area contributed by atoms with Crippen molar-refractivity contribution in [3.05, 3.63) is 40.0 Å². The molecule has 2 aromatic rings. The Hall–Kier alpha value is -2.01. The molecule has 0 fully saturated rings. The highest BCUT2D eigenvalue weighted by Gasteiger charge is 2.13. The summed E-state index contributed by atoms with van der Waals surface area (Å²) < 4.78 is 7.46. The van der Waals surface area contributed by atoms with Crippen LogP contribution in [0.3, 0.4) is 0 Å². The normalized spacial score (nSPS) is 11.2. The first-order valence-electron chi connectivity index (χ1n) is 5.68. The molecular weight excluding hydrogens is 266 g/mol. The Morgan fingerprint density at radius 2 is 2.16 bits per heavy atom. The molecule has 0 aliphatic heterocycles. The molecule has 6 heteroatoms. The van der Waals surface area contributed by atoms with Crippen molar-refractivity contribution in [3.8, 4) is 11.6 Å². The summed E-state index contributed by atoms with van der Waals surface area (Å²) in [7, 11) is 1.81. The fourth-order valence-electron chi connectivity index (χ4n) is 1.73. The van der Waals surface area contributed by atoms with Crippen LogP contribution >= 0.6 is 11.6 Å². The largest absolute Gasteiger partial charge is 0.437 e. The molecule has 1 aromatic heterocycles. The van der Waals surface area contributed by atoms with E-state index in [9.17, 15) is 0 Å². The van der Waals surface area contributed by atoms with Crippen molar-refractivity contribution >= 4 is 17.8 Å². The standard InChI is InChI=1S/C13H14ClN3O2/c1-8-9(2)16-17(3)13(8)19-12-6-10(7-15-18)4-5-11(12)14/h4-7,18H,1-3H3. The molecule has 0 atom stereocenters. The van der Waals surface area contributed by atoms with Crippen LogP contribution < -0.4 is 4.74 Å². The average molecular weight is 280 g/mol. The number of aromatic nitrogens is 2. The first kappa shape index (κ1) is 13.4. The number of aryl methyl sites for hydroxylation is 2. The van der Waals surface area contributed by atoms with Crippen LogP contribution in [0, 0.1) is 13.8 Å². The number of benzene rings is 1. The number of hydrogen-bond donors (Lipinski definition) is 1. The number of hydrogen-bond acceptors (Lipinski definition) is 4. The van der Waals surface area contributed by atoms with Crippen LogP contribution in [0.5, 0.6) is 11.6 Å². The van der Waals surface area contributed by atoms with Gasteiger partial charge in [0.25, 0.3) is 0 Å². The topological polar surface area (TPSA) is 59.6 Å². The average Bonchev–Trinajstić information content (AvgIpc) is 2.60. The Morgan fingerprint density at radius 1 is 1.42 bits per heavy atom. The lowest BCUT2D eigenvalue weighted by atomic mass is 10.2. The zero-order valence-corrected chi connectivity index (χ0v) is 11.6. The molecule has 0 unspecified atom stereocenters. The van der Waals surface area contributed by atoms with Gasteiger partial charge in [0, 0.05) is 12.6 Å². The van der Waals surface area contributed by atoms with Crippen LogP contribution in [-0.2, 0) is 7.05 Å². The first-order chi connectivity index (χ1) is 9.02. The number of nitrogens with zero attached hydrogens (tertiary/aromatic N) is 3. The van der Waals surface area contributed by atoms with Gasteiger partial charge in [0.1, 0.15) is 5.75 Å². The zero-order valence-electron chi connectivity index (χ0n) is 10.9. The van der Waals surface area contributed by atoms with Gasteiger partial charge in [-0.1, -0.05) is 22.8 Å². The predicted octanol–water partition coefficient (Wildman–Crippen LogP) is 3.29. The summed E-state index contributed by atoms with van der Waals surface area (Å²) in [6, 6.07) is 5.12. The maximum Gasteiger partial charge on any atom is 0.220 e. The first-order valence-corrected chi connectivity index (χ1v) is 6.05. The lowest BCUT2D eigenvalue weighted by Gasteiger charge is -2.09. The van der Waals surface area contributed by atoms with Gasteiger partial charge in [-0.2, -0.15) is 5.10 Å². The van der Waals surface area contributed by atoms with E-state index in [0.717, 1.165) is 11.3 Å². The highest BCUT2D eigenvalue weighted by molar-refractivity contribution is 6.32. The monoisotopic (exact) mass is 279 g/mol. The molecule has 1 aromatic carbocycles. The van der Waals surface area contributed by atoms with Crippen LogP contribution in [0.2, 0.25) is 5.02 Å². The van der Waals surface area contributed by atoms with Gasteiger partial charge in [0.2, 0.25) is 5.88 Å². The fourth-order valence-corrected chi connectivity index (χ4v) is 1.89. The van der Waals surface area contributed by atoms with Gasteiger partial charge in [-0.3, -0.25) is 0 Å². The van der Waals surface area contributed by atoms with E-state index in [1.807, 2.05) is 20.9 Å². The summed E-state index contributed by atoms with van der Waals surface area (Å²) in [6.07, 6.45) is 1.31. The molecule has 0 radical (unpaired) electrons. The van der Waals surface area contributed by atoms with Crippen molar-refractivity contribution in [1.82, 2.24) is 9.78 Å². The van der Waals surface area contributed by atoms with Crippen LogP contribution in [0.15, 0.2) is 23.4 Å². The Balaban J connectivity index is 2.40. The summed E-state index contributed by atoms with van der Waals surface area (Å²) in [5.41, 5.74) is 2.56. The molecular formula is C13H14ClN3O2. The van der Waals surface area contributed by atoms with E-state index in [1.54, 1.807) is 22.9 Å². The Kier molecular flexibility index (Phi) is 3.76. The third-order valence-corrected chi connectivity index (χ3v) is 3.14. The van der Waals surface area contributed by atoms with Crippen molar-refractivity contribution < 1.29 is 9.94 Å². The van der Waals surface area contributed by atoms with Crippen LogP contribution in [-0.4, -0.2) is 21.2 Å². The molecule has 0 bridgehead atoms. The third-order valence-electron chi connectivity index (χ3n) is 2.83. The highest BCUT2D eigenvalue weighted by Crippen LogP contribution is 2.32. The summed E-state index contributed by atoms with van der Waals surface area (Å²) in [5, 5.41) is 16.3. The number of oxime groups is 1. The maximum atomic E-state index is 8.54. The molecule has 0 amide bonds. The van der Waals surface area contributed by atoms with E-state index in [4.69, 9.17) is 21.5 Å². The van der Waals surface area contributed by atoms with Crippen molar-refractivity contribution in [2.75, 3.05) is 0 Å². The second kappa shape index (κ2) is 5.32. The van der Waals surface area contributed by atoms with Crippen molar-refractivity contribution in [1.29, 1.82) is 0 Å². The van der Waals surface area contributed by atoms with Gasteiger partial charge < -0.3 is 9.94 Å². The molecule has 0 saturated heterocycles. The smallest absolute Gasteiger partial charge is 0.220 e. The van der Waals surface area contributed by atoms with E-state index in [-0.39, 0.29) is 0 Å². The molecule has 19 heavy (non-hydrogen) atoms. The van der Waals surface area contributed by atoms with Gasteiger partial charge in [-0.05, 0) is 31.5 Å². The second-order valence-corrected chi connectivity index (χ2v) is 4.58. The molecule has 5 nitrogen and oxygen atoms in total. The van der Waals surface area contributed by atoms with Crippen LogP contribution in [0.1, 0.15) is 16.8 Å². The SMILES string of the molecule is Cc1nn(C)c(Oc2cc(C=NO)ccc2Cl)c1C. The molecule has 100 valence electrons. The van der Waals surface area contributed by atoms with Gasteiger partial charge in [-0.25, -0.2) is 4.68 Å². The Morgan fingerprint density at radius 3 is 2.74 bits per heavy atom. The van der Waals surface area contributed by atoms with Crippen molar-refractivity contribution in [3.63, 3.8) is 0 Å². The lowest BCUT2D eigenvalue weighted by molar-refractivity contribution is 0.322. The maximum absolute atomic E-state index is 8.54. The lowest BCUT2D eigenvalue weighted by Crippen LogP contribution is -1.97. The quantitative estimate of drug-likeness (QED) is 0.533. The minimum Gasteiger partial charge on any atom is -0.437 e. The molecule has 0 aliphatic carbocycles. The summed E-state index contributed by atoms with van der Waals surface area (Å²) in [5.74, 6) is 1.13. The Labute approximate surface area is 116 Å². The number of ether oxygens (including phenoxy) is 1. The van der Waals surface area contributed by atoms with E-state index in [1.165, 1.54) is 6.21 Å². The van der Waals surface area contributed by atoms with Gasteiger partial charge in [-0.15, -0.1) is 0 Å². The third kappa shape index (κ3) is 2.71. The van der Waals surface area contributed by atoms with Crippen LogP contribution in [0.25, 0.3) is 0 Å². The molecule has 1 N–H and O–H groups in total. The number of halogens is 1. The van der Waals surface area contributed by atoms with E-state index < -0.39 is 0 Å². The minimum absolute atomic E-state index is 0.480. The summed E-state index contributed by atoms with van der Waals surface area (Å²) in [4.78, 5) is 0. The second-order valence-electron chi connectivity index (χ2n) is 4.18. The molecule has 0 aliphatic rings. The van der Waals surface area contributed by atoms with Gasteiger partial charge in [0.15, 0.2) is 0 Å². The van der Waals surface area contributed by atoms with Gasteiger partial charge >= 0.3 is 0 Å². The summed E-state index contributed by atoms with van der Waals surface area (Å²) in [6.45, 7) is 3.85. The highest BCUT2D eigenvalue weighted by atomic mass is 35.5. The van der Waals surface area contributed by atoms with Crippen molar-refractivity contribution in [2.24, 2.45) is 12.2 Å². The zero-order chi connectivity index (χ0) is 14.0. The Bertz CT molecular complexity index is 635. The van der Waals surface area contributed by atoms with Crippen LogP contribution in [0.4, 0.5) is 0 Å². The molecule has 2 rings (SSSR count). The molecule has 0 spiro atoms. The number of rotatable bonds is 3. The van der Waals surface area contributed by atoms with Gasteiger partial charge in [0.05, 0.1) is 16.9 Å². The van der Waals surface area contributed by atoms with E-state index in [0.29, 0.717) is 22.2 Å². The van der Waals surface area contributed by atoms with E-state index in [2.05, 4.69) is 10.3 Å². The summed E-state index contributed by atoms with van der Waals surface area (Å²) >= 11 is 6.10. The van der Waals surface area contributed by atoms with Crippen molar-refractivity contribution in [2.45, 2.75) is 13.8 Å². The molecule has 0 saturated carbocycles. The molecule has 1 heterocycles.